The zero-order valence-corrected chi connectivity index (χ0v) is 7.23. The first kappa shape index (κ1) is 11.3. The Morgan fingerprint density at radius 2 is 1.93 bits per heavy atom. The van der Waals surface area contributed by atoms with E-state index in [1.165, 1.54) is 0 Å². The Balaban J connectivity index is 3.03. The van der Waals surface area contributed by atoms with Crippen LogP contribution in [0.25, 0.3) is 0 Å². The maximum Gasteiger partial charge on any atom is 0.573 e. The molecule has 0 fully saturated rings. The van der Waals surface area contributed by atoms with Crippen molar-refractivity contribution in [3.63, 3.8) is 0 Å². The molecule has 82 valence electrons. The third kappa shape index (κ3) is 3.12. The van der Waals surface area contributed by atoms with E-state index in [9.17, 15) is 17.6 Å². The van der Waals surface area contributed by atoms with Crippen molar-refractivity contribution in [3.05, 3.63) is 29.6 Å². The number of benzene rings is 1. The van der Waals surface area contributed by atoms with E-state index in [1.807, 2.05) is 0 Å². The lowest BCUT2D eigenvalue weighted by atomic mass is 10.2. The molecule has 0 amide bonds. The number of nitrogen functional groups attached to an aromatic ring is 1. The number of hydrogen-bond donors (Lipinski definition) is 2. The molecule has 1 rings (SSSR count). The van der Waals surface area contributed by atoms with E-state index in [4.69, 9.17) is 11.1 Å². The summed E-state index contributed by atoms with van der Waals surface area (Å²) in [5.74, 6) is -2.16. The van der Waals surface area contributed by atoms with Crippen LogP contribution in [0.2, 0.25) is 0 Å². The molecule has 1 aromatic carbocycles. The number of amidine groups is 1. The van der Waals surface area contributed by atoms with Crippen LogP contribution in [0.15, 0.2) is 18.2 Å². The number of nitrogens with one attached hydrogen (secondary N) is 1. The average Bonchev–Trinajstić information content (AvgIpc) is 2.05. The van der Waals surface area contributed by atoms with Crippen molar-refractivity contribution in [3.8, 4) is 5.75 Å². The number of alkyl halides is 3. The first-order valence-electron chi connectivity index (χ1n) is 3.69. The number of rotatable bonds is 2. The zero-order valence-electron chi connectivity index (χ0n) is 7.23. The van der Waals surface area contributed by atoms with Gasteiger partial charge in [0.05, 0.1) is 5.56 Å². The van der Waals surface area contributed by atoms with Crippen molar-refractivity contribution in [2.45, 2.75) is 6.36 Å². The van der Waals surface area contributed by atoms with Crippen LogP contribution in [-0.2, 0) is 0 Å². The summed E-state index contributed by atoms with van der Waals surface area (Å²) in [6.45, 7) is 0. The van der Waals surface area contributed by atoms with Gasteiger partial charge in [0.25, 0.3) is 0 Å². The Hall–Kier alpha value is -1.79. The minimum absolute atomic E-state index is 0.434. The first-order valence-corrected chi connectivity index (χ1v) is 3.69. The molecule has 0 atom stereocenters. The highest BCUT2D eigenvalue weighted by Gasteiger charge is 2.31. The quantitative estimate of drug-likeness (QED) is 0.456. The second-order valence-corrected chi connectivity index (χ2v) is 2.60. The van der Waals surface area contributed by atoms with E-state index in [0.29, 0.717) is 6.07 Å². The van der Waals surface area contributed by atoms with E-state index >= 15 is 0 Å². The molecule has 0 unspecified atom stereocenters. The third-order valence-electron chi connectivity index (χ3n) is 1.46. The van der Waals surface area contributed by atoms with E-state index in [1.54, 1.807) is 0 Å². The van der Waals surface area contributed by atoms with Gasteiger partial charge in [-0.05, 0) is 18.2 Å². The molecule has 15 heavy (non-hydrogen) atoms. The summed E-state index contributed by atoms with van der Waals surface area (Å²) in [4.78, 5) is 0. The van der Waals surface area contributed by atoms with Crippen molar-refractivity contribution in [2.24, 2.45) is 5.73 Å². The summed E-state index contributed by atoms with van der Waals surface area (Å²) in [7, 11) is 0. The number of hydrogen-bond acceptors (Lipinski definition) is 2. The van der Waals surface area contributed by atoms with E-state index in [-0.39, 0.29) is 0 Å². The van der Waals surface area contributed by atoms with Crippen molar-refractivity contribution in [1.29, 1.82) is 5.41 Å². The van der Waals surface area contributed by atoms with Gasteiger partial charge in [-0.15, -0.1) is 13.2 Å². The fourth-order valence-corrected chi connectivity index (χ4v) is 0.908. The van der Waals surface area contributed by atoms with Crippen LogP contribution in [0.5, 0.6) is 5.75 Å². The second kappa shape index (κ2) is 3.76. The predicted molar refractivity (Wildman–Crippen MR) is 44.1 cm³/mol. The lowest BCUT2D eigenvalue weighted by Gasteiger charge is -2.10. The Labute approximate surface area is 82.0 Å². The van der Waals surface area contributed by atoms with Crippen LogP contribution in [0.4, 0.5) is 17.6 Å². The van der Waals surface area contributed by atoms with Gasteiger partial charge >= 0.3 is 6.36 Å². The lowest BCUT2D eigenvalue weighted by Crippen LogP contribution is -2.18. The van der Waals surface area contributed by atoms with Gasteiger partial charge in [0, 0.05) is 0 Å². The molecule has 0 aliphatic carbocycles. The molecular formula is C8H6F4N2O. The largest absolute Gasteiger partial charge is 0.573 e. The second-order valence-electron chi connectivity index (χ2n) is 2.60. The SMILES string of the molecule is N=C(N)c1cc(OC(F)(F)F)ccc1F. The standard InChI is InChI=1S/C8H6F4N2O/c9-6-2-1-4(15-8(10,11)12)3-5(6)7(13)14/h1-3H,(H3,13,14). The minimum atomic E-state index is -4.86. The summed E-state index contributed by atoms with van der Waals surface area (Å²) < 4.78 is 51.7. The van der Waals surface area contributed by atoms with E-state index in [2.05, 4.69) is 4.74 Å². The van der Waals surface area contributed by atoms with E-state index in [0.717, 1.165) is 12.1 Å². The van der Waals surface area contributed by atoms with Gasteiger partial charge in [-0.25, -0.2) is 4.39 Å². The van der Waals surface area contributed by atoms with Gasteiger partial charge < -0.3 is 10.5 Å². The molecule has 3 N–H and O–H groups in total. The molecule has 1 aromatic rings. The maximum atomic E-state index is 12.9. The average molecular weight is 222 g/mol. The van der Waals surface area contributed by atoms with Crippen LogP contribution in [0.1, 0.15) is 5.56 Å². The smallest absolute Gasteiger partial charge is 0.406 e. The number of halogens is 4. The van der Waals surface area contributed by atoms with Crippen LogP contribution >= 0.6 is 0 Å². The predicted octanol–water partition coefficient (Wildman–Crippen LogP) is 2.01. The molecule has 7 heteroatoms. The van der Waals surface area contributed by atoms with Gasteiger partial charge in [0.15, 0.2) is 0 Å². The van der Waals surface area contributed by atoms with Crippen LogP contribution in [0.3, 0.4) is 0 Å². The highest BCUT2D eigenvalue weighted by atomic mass is 19.4. The topological polar surface area (TPSA) is 59.1 Å². The molecule has 0 heterocycles. The fraction of sp³-hybridized carbons (Fsp3) is 0.125. The Bertz CT molecular complexity index is 389. The summed E-state index contributed by atoms with van der Waals surface area (Å²) in [5, 5.41) is 6.90. The Morgan fingerprint density at radius 3 is 2.40 bits per heavy atom. The van der Waals surface area contributed by atoms with Crippen molar-refractivity contribution in [2.75, 3.05) is 0 Å². The summed E-state index contributed by atoms with van der Waals surface area (Å²) in [6.07, 6.45) is -4.86. The lowest BCUT2D eigenvalue weighted by molar-refractivity contribution is -0.274. The van der Waals surface area contributed by atoms with E-state index < -0.39 is 29.3 Å². The first-order chi connectivity index (χ1) is 6.79. The minimum Gasteiger partial charge on any atom is -0.406 e. The van der Waals surface area contributed by atoms with Gasteiger partial charge in [-0.1, -0.05) is 0 Å². The molecule has 3 nitrogen and oxygen atoms in total. The van der Waals surface area contributed by atoms with Crippen molar-refractivity contribution >= 4 is 5.84 Å². The third-order valence-corrected chi connectivity index (χ3v) is 1.46. The van der Waals surface area contributed by atoms with Crippen molar-refractivity contribution in [1.82, 2.24) is 0 Å². The van der Waals surface area contributed by atoms with Gasteiger partial charge in [0.2, 0.25) is 0 Å². The monoisotopic (exact) mass is 222 g/mol. The number of nitrogens with two attached hydrogens (primary N) is 1. The Morgan fingerprint density at radius 1 is 1.33 bits per heavy atom. The molecule has 0 spiro atoms. The molecule has 0 aliphatic heterocycles. The molecule has 0 aromatic heterocycles. The Kier molecular flexibility index (Phi) is 2.83. The summed E-state index contributed by atoms with van der Waals surface area (Å²) in [6, 6.07) is 2.26. The molecule has 0 saturated heterocycles. The van der Waals surface area contributed by atoms with Crippen molar-refractivity contribution < 1.29 is 22.3 Å². The molecule has 0 saturated carbocycles. The summed E-state index contributed by atoms with van der Waals surface area (Å²) >= 11 is 0. The molecule has 0 aliphatic rings. The molecular weight excluding hydrogens is 216 g/mol. The maximum absolute atomic E-state index is 12.9. The van der Waals surface area contributed by atoms with Gasteiger partial charge in [-0.2, -0.15) is 0 Å². The van der Waals surface area contributed by atoms with Crippen LogP contribution in [0, 0.1) is 11.2 Å². The number of ether oxygens (including phenoxy) is 1. The zero-order chi connectivity index (χ0) is 11.6. The van der Waals surface area contributed by atoms with Gasteiger partial charge in [0.1, 0.15) is 17.4 Å². The molecule has 0 radical (unpaired) electrons. The van der Waals surface area contributed by atoms with Crippen LogP contribution in [-0.4, -0.2) is 12.2 Å². The highest BCUT2D eigenvalue weighted by Crippen LogP contribution is 2.24. The molecule has 0 bridgehead atoms. The highest BCUT2D eigenvalue weighted by molar-refractivity contribution is 5.95. The van der Waals surface area contributed by atoms with Crippen LogP contribution < -0.4 is 10.5 Å². The van der Waals surface area contributed by atoms with Gasteiger partial charge in [-0.3, -0.25) is 5.41 Å². The fourth-order valence-electron chi connectivity index (χ4n) is 0.908. The summed E-state index contributed by atoms with van der Waals surface area (Å²) in [5.41, 5.74) is 4.52. The normalized spacial score (nSPS) is 11.2.